The second-order valence-corrected chi connectivity index (χ2v) is 28.7. The molecule has 0 amide bonds. The van der Waals surface area contributed by atoms with Crippen LogP contribution in [-0.2, 0) is 5.41 Å². The van der Waals surface area contributed by atoms with Crippen molar-refractivity contribution in [1.29, 1.82) is 0 Å². The largest absolute Gasteiger partial charge is 0.455 e. The van der Waals surface area contributed by atoms with E-state index in [4.69, 9.17) is 34.3 Å². The van der Waals surface area contributed by atoms with E-state index in [0.29, 0.717) is 34.9 Å². The molecule has 3 aromatic heterocycles. The summed E-state index contributed by atoms with van der Waals surface area (Å²) in [6.45, 7) is 4.77. The topological polar surface area (TPSA) is 90.5 Å². The first-order valence-corrected chi connectivity index (χ1v) is 36.8. The highest BCUT2D eigenvalue weighted by atomic mass is 16.3. The van der Waals surface area contributed by atoms with E-state index in [1.807, 2.05) is 127 Å². The first-order valence-electron chi connectivity index (χ1n) is 36.8. The van der Waals surface area contributed by atoms with Gasteiger partial charge in [0, 0.05) is 60.3 Å². The zero-order valence-electron chi connectivity index (χ0n) is 59.1. The Morgan fingerprint density at radius 1 is 0.222 bits per heavy atom. The first kappa shape index (κ1) is 62.4. The van der Waals surface area contributed by atoms with Crippen LogP contribution in [0.25, 0.3) is 210 Å². The lowest BCUT2D eigenvalue weighted by molar-refractivity contribution is 0.666. The summed E-state index contributed by atoms with van der Waals surface area (Å²) in [6, 6.07) is 125. The molecule has 7 nitrogen and oxygen atoms in total. The number of benzene rings is 18. The molecule has 1 aliphatic rings. The molecule has 22 rings (SSSR count). The van der Waals surface area contributed by atoms with E-state index < -0.39 is 0 Å². The van der Waals surface area contributed by atoms with Gasteiger partial charge in [-0.25, -0.2) is 29.9 Å². The average Bonchev–Trinajstić information content (AvgIpc) is 1.51. The highest BCUT2D eigenvalue weighted by molar-refractivity contribution is 6.35. The molecule has 0 saturated carbocycles. The zero-order valence-corrected chi connectivity index (χ0v) is 59.1. The third-order valence-corrected chi connectivity index (χ3v) is 22.2. The minimum Gasteiger partial charge on any atom is -0.455 e. The highest BCUT2D eigenvalue weighted by Gasteiger charge is 2.38. The van der Waals surface area contributed by atoms with E-state index in [1.54, 1.807) is 0 Å². The Morgan fingerprint density at radius 3 is 1.05 bits per heavy atom. The average molecular weight is 1380 g/mol. The molecule has 18 aromatic carbocycles. The molecule has 0 saturated heterocycles. The summed E-state index contributed by atoms with van der Waals surface area (Å²) in [5.74, 6) is 3.92. The summed E-state index contributed by atoms with van der Waals surface area (Å²) in [7, 11) is 0. The van der Waals surface area contributed by atoms with Crippen molar-refractivity contribution in [2.45, 2.75) is 19.3 Å². The van der Waals surface area contributed by atoms with Crippen molar-refractivity contribution in [3.05, 3.63) is 363 Å². The predicted molar refractivity (Wildman–Crippen MR) is 448 cm³/mol. The maximum atomic E-state index is 6.56. The van der Waals surface area contributed by atoms with Crippen LogP contribution in [0.2, 0.25) is 0 Å². The van der Waals surface area contributed by atoms with Gasteiger partial charge < -0.3 is 4.42 Å². The minimum atomic E-state index is -0.106. The highest BCUT2D eigenvalue weighted by Crippen LogP contribution is 2.56. The van der Waals surface area contributed by atoms with E-state index in [-0.39, 0.29) is 5.41 Å². The lowest BCUT2D eigenvalue weighted by Gasteiger charge is -2.24. The fourth-order valence-electron chi connectivity index (χ4n) is 17.2. The van der Waals surface area contributed by atoms with Gasteiger partial charge in [-0.2, -0.15) is 0 Å². The normalized spacial score (nSPS) is 12.4. The summed E-state index contributed by atoms with van der Waals surface area (Å²) < 4.78 is 6.56. The van der Waals surface area contributed by atoms with Crippen LogP contribution in [0, 0.1) is 0 Å². The Hall–Kier alpha value is -14.1. The molecule has 0 unspecified atom stereocenters. The molecule has 0 atom stereocenters. The van der Waals surface area contributed by atoms with E-state index in [2.05, 4.69) is 238 Å². The predicted octanol–water partition coefficient (Wildman–Crippen LogP) is 26.5. The number of nitrogens with zero attached hydrogens (tertiary/aromatic N) is 6. The molecular formula is C101H64N6O. The van der Waals surface area contributed by atoms with Crippen LogP contribution in [0.4, 0.5) is 0 Å². The Kier molecular flexibility index (Phi) is 14.5. The van der Waals surface area contributed by atoms with Gasteiger partial charge in [-0.05, 0) is 156 Å². The van der Waals surface area contributed by atoms with Gasteiger partial charge >= 0.3 is 0 Å². The van der Waals surface area contributed by atoms with Gasteiger partial charge in [-0.15, -0.1) is 0 Å². The smallest absolute Gasteiger partial charge is 0.164 e. The van der Waals surface area contributed by atoms with Crippen molar-refractivity contribution in [1.82, 2.24) is 29.9 Å². The molecule has 1 aliphatic carbocycles. The maximum Gasteiger partial charge on any atom is 0.164 e. The van der Waals surface area contributed by atoms with Gasteiger partial charge in [0.25, 0.3) is 0 Å². The van der Waals surface area contributed by atoms with Crippen LogP contribution in [0.3, 0.4) is 0 Å². The molecule has 0 N–H and O–H groups in total. The summed E-state index contributed by atoms with van der Waals surface area (Å²) in [5, 5.41) is 21.8. The molecule has 21 aromatic rings. The second-order valence-electron chi connectivity index (χ2n) is 28.7. The number of hydrogen-bond acceptors (Lipinski definition) is 7. The van der Waals surface area contributed by atoms with Crippen LogP contribution < -0.4 is 0 Å². The SMILES string of the molecule is CC1(C)c2ccccc2-c2c1c1ccc3cc(-c4ccc(-c5nc(-c6ccccc6)nc(-c6ccccc6)n5)c5ccccc45)ccc3c1c1ccccc21.c1ccc(-c2nc(-c3ccccc3)nc(-c3ccc(-c4ccc5c(ccc6c7oc8ccccc8c7c7ccccc7c56)c4)c4ccccc34)n2)cc1. The summed E-state index contributed by atoms with van der Waals surface area (Å²) in [6.07, 6.45) is 0. The van der Waals surface area contributed by atoms with Gasteiger partial charge in [-0.1, -0.05) is 329 Å². The van der Waals surface area contributed by atoms with Crippen LogP contribution >= 0.6 is 0 Å². The fourth-order valence-corrected chi connectivity index (χ4v) is 17.2. The number of aromatic nitrogens is 6. The number of fused-ring (bicyclic) bond motifs is 22. The van der Waals surface area contributed by atoms with Crippen LogP contribution in [0.15, 0.2) is 356 Å². The number of furan rings is 1. The van der Waals surface area contributed by atoms with E-state index in [9.17, 15) is 0 Å². The summed E-state index contributed by atoms with van der Waals surface area (Å²) >= 11 is 0. The van der Waals surface area contributed by atoms with Crippen molar-refractivity contribution in [3.63, 3.8) is 0 Å². The first-order chi connectivity index (χ1) is 53.3. The van der Waals surface area contributed by atoms with Crippen LogP contribution in [0.1, 0.15) is 25.0 Å². The van der Waals surface area contributed by atoms with Gasteiger partial charge in [0.2, 0.25) is 0 Å². The Balaban J connectivity index is 0.000000138. The Labute approximate surface area is 622 Å². The Bertz CT molecular complexity index is 7140. The molecule has 0 fully saturated rings. The standard InChI is InChI=1S/C52H35N3.C49H29N3O/c1-52(2)45-24-14-13-23-43(45)47-41-22-12-11-21-40(41)46-37-27-25-34(31-35(37)26-28-44(46)48(47)52)36-29-30-42(39-20-10-9-19-38(36)39)51-54-49(32-15-5-3-6-16-32)53-50(55-51)33-17-7-4-8-18-33;1-3-13-30(14-4-1)47-50-48(31-15-5-2-6-16-31)52-49(51-47)40-28-27-34(36-17-7-8-18-37(36)40)32-23-25-35-33(29-32)24-26-42-44(35)38-19-9-10-20-39(38)45-41-21-11-12-22-43(41)53-46(42)45/h3-31H,1-2H3;1-29H. The molecular weight excluding hydrogens is 1310 g/mol. The second kappa shape index (κ2) is 25.1. The maximum absolute atomic E-state index is 6.56. The third kappa shape index (κ3) is 10.1. The zero-order chi connectivity index (χ0) is 71.6. The van der Waals surface area contributed by atoms with Gasteiger partial charge in [0.1, 0.15) is 11.2 Å². The number of hydrogen-bond donors (Lipinski definition) is 0. The Morgan fingerprint density at radius 2 is 0.565 bits per heavy atom. The number of rotatable bonds is 8. The van der Waals surface area contributed by atoms with Crippen molar-refractivity contribution in [3.8, 4) is 102 Å². The molecule has 3 heterocycles. The molecule has 0 spiro atoms. The molecule has 0 aliphatic heterocycles. The molecule has 504 valence electrons. The molecule has 0 bridgehead atoms. The monoisotopic (exact) mass is 1380 g/mol. The van der Waals surface area contributed by atoms with Gasteiger partial charge in [0.15, 0.2) is 34.9 Å². The summed E-state index contributed by atoms with van der Waals surface area (Å²) in [4.78, 5) is 30.1. The minimum absolute atomic E-state index is 0.106. The lowest BCUT2D eigenvalue weighted by atomic mass is 9.78. The lowest BCUT2D eigenvalue weighted by Crippen LogP contribution is -2.15. The fraction of sp³-hybridized carbons (Fsp3) is 0.0297. The van der Waals surface area contributed by atoms with Crippen LogP contribution in [-0.4, -0.2) is 29.9 Å². The third-order valence-electron chi connectivity index (χ3n) is 22.2. The molecule has 0 radical (unpaired) electrons. The van der Waals surface area contributed by atoms with E-state index in [0.717, 1.165) is 88.0 Å². The quantitative estimate of drug-likeness (QED) is 0.140. The van der Waals surface area contributed by atoms with Crippen molar-refractivity contribution >= 4 is 108 Å². The van der Waals surface area contributed by atoms with E-state index >= 15 is 0 Å². The van der Waals surface area contributed by atoms with E-state index in [1.165, 1.54) is 98.0 Å². The van der Waals surface area contributed by atoms with Crippen molar-refractivity contribution < 1.29 is 4.42 Å². The van der Waals surface area contributed by atoms with Crippen LogP contribution in [0.5, 0.6) is 0 Å². The van der Waals surface area contributed by atoms with Crippen molar-refractivity contribution in [2.24, 2.45) is 0 Å². The summed E-state index contributed by atoms with van der Waals surface area (Å²) in [5.41, 5.74) is 17.7. The van der Waals surface area contributed by atoms with Gasteiger partial charge in [0.05, 0.1) is 0 Å². The number of para-hydroxylation sites is 1. The van der Waals surface area contributed by atoms with Crippen molar-refractivity contribution in [2.75, 3.05) is 0 Å². The molecule has 7 heteroatoms. The van der Waals surface area contributed by atoms with Gasteiger partial charge in [-0.3, -0.25) is 0 Å². The molecule has 108 heavy (non-hydrogen) atoms.